The van der Waals surface area contributed by atoms with Crippen molar-refractivity contribution in [1.29, 1.82) is 0 Å². The summed E-state index contributed by atoms with van der Waals surface area (Å²) in [6, 6.07) is 0. The zero-order valence-electron chi connectivity index (χ0n) is 9.77. The SMILES string of the molecule is Cc1ncn(CC2(CC(N)=NO)CC2)c1C. The van der Waals surface area contributed by atoms with Gasteiger partial charge in [-0.05, 0) is 32.1 Å². The van der Waals surface area contributed by atoms with Gasteiger partial charge in [0.05, 0.1) is 12.0 Å². The first-order chi connectivity index (χ1) is 7.56. The second-order valence-electron chi connectivity index (χ2n) is 4.81. The molecule has 1 aliphatic carbocycles. The molecular formula is C11H18N4O. The molecule has 0 aliphatic heterocycles. The predicted octanol–water partition coefficient (Wildman–Crippen LogP) is 1.42. The van der Waals surface area contributed by atoms with Gasteiger partial charge in [-0.15, -0.1) is 0 Å². The Kier molecular flexibility index (Phi) is 2.61. The molecule has 1 heterocycles. The lowest BCUT2D eigenvalue weighted by Gasteiger charge is -2.16. The van der Waals surface area contributed by atoms with E-state index in [1.807, 2.05) is 13.3 Å². The van der Waals surface area contributed by atoms with Gasteiger partial charge in [0.1, 0.15) is 5.84 Å². The minimum absolute atomic E-state index is 0.189. The molecule has 0 unspecified atom stereocenters. The van der Waals surface area contributed by atoms with Gasteiger partial charge in [0.25, 0.3) is 0 Å². The Bertz CT molecular complexity index is 418. The van der Waals surface area contributed by atoms with E-state index in [9.17, 15) is 0 Å². The van der Waals surface area contributed by atoms with E-state index in [4.69, 9.17) is 10.9 Å². The third kappa shape index (κ3) is 2.03. The Labute approximate surface area is 95.0 Å². The average molecular weight is 222 g/mol. The molecule has 1 saturated carbocycles. The Morgan fingerprint density at radius 1 is 1.62 bits per heavy atom. The fraction of sp³-hybridized carbons (Fsp3) is 0.636. The van der Waals surface area contributed by atoms with Gasteiger partial charge in [0.15, 0.2) is 0 Å². The summed E-state index contributed by atoms with van der Waals surface area (Å²) in [6.07, 6.45) is 4.82. The number of nitrogens with zero attached hydrogens (tertiary/aromatic N) is 3. The lowest BCUT2D eigenvalue weighted by atomic mass is 10.0. The fourth-order valence-corrected chi connectivity index (χ4v) is 2.05. The van der Waals surface area contributed by atoms with Crippen molar-refractivity contribution >= 4 is 5.84 Å². The van der Waals surface area contributed by atoms with Gasteiger partial charge < -0.3 is 15.5 Å². The van der Waals surface area contributed by atoms with E-state index in [-0.39, 0.29) is 5.41 Å². The van der Waals surface area contributed by atoms with Gasteiger partial charge in [0, 0.05) is 18.7 Å². The summed E-state index contributed by atoms with van der Waals surface area (Å²) in [5.74, 6) is 0.326. The molecule has 16 heavy (non-hydrogen) atoms. The molecule has 3 N–H and O–H groups in total. The molecule has 0 bridgehead atoms. The second kappa shape index (κ2) is 3.81. The molecule has 0 aromatic carbocycles. The highest BCUT2D eigenvalue weighted by molar-refractivity contribution is 5.80. The lowest BCUT2D eigenvalue weighted by molar-refractivity contribution is 0.313. The molecule has 0 spiro atoms. The Hall–Kier alpha value is -1.52. The maximum Gasteiger partial charge on any atom is 0.139 e. The van der Waals surface area contributed by atoms with Crippen molar-refractivity contribution < 1.29 is 5.21 Å². The lowest BCUT2D eigenvalue weighted by Crippen LogP contribution is -2.21. The predicted molar refractivity (Wildman–Crippen MR) is 61.4 cm³/mol. The third-order valence-electron chi connectivity index (χ3n) is 3.49. The molecule has 5 nitrogen and oxygen atoms in total. The summed E-state index contributed by atoms with van der Waals surface area (Å²) in [6.45, 7) is 4.99. The minimum Gasteiger partial charge on any atom is -0.409 e. The topological polar surface area (TPSA) is 76.4 Å². The number of imidazole rings is 1. The Morgan fingerprint density at radius 3 is 2.75 bits per heavy atom. The van der Waals surface area contributed by atoms with Crippen molar-refractivity contribution in [2.75, 3.05) is 0 Å². The molecule has 0 atom stereocenters. The molecule has 1 aromatic rings. The van der Waals surface area contributed by atoms with Crippen molar-refractivity contribution in [3.8, 4) is 0 Å². The normalized spacial score (nSPS) is 18.8. The van der Waals surface area contributed by atoms with Gasteiger partial charge in [0.2, 0.25) is 0 Å². The molecule has 0 radical (unpaired) electrons. The summed E-state index contributed by atoms with van der Waals surface area (Å²) < 4.78 is 2.16. The number of aromatic nitrogens is 2. The summed E-state index contributed by atoms with van der Waals surface area (Å²) in [5, 5.41) is 11.6. The van der Waals surface area contributed by atoms with Crippen molar-refractivity contribution in [2.24, 2.45) is 16.3 Å². The third-order valence-corrected chi connectivity index (χ3v) is 3.49. The Morgan fingerprint density at radius 2 is 2.31 bits per heavy atom. The standard InChI is InChI=1S/C11H18N4O/c1-8-9(2)15(7-13-8)6-11(3-4-11)5-10(12)14-16/h7,16H,3-6H2,1-2H3,(H2,12,14). The van der Waals surface area contributed by atoms with Crippen LogP contribution in [0.5, 0.6) is 0 Å². The zero-order chi connectivity index (χ0) is 11.8. The maximum absolute atomic E-state index is 8.59. The van der Waals surface area contributed by atoms with Gasteiger partial charge in [-0.25, -0.2) is 4.98 Å². The highest BCUT2D eigenvalue weighted by Gasteiger charge is 2.43. The molecule has 5 heteroatoms. The highest BCUT2D eigenvalue weighted by Crippen LogP contribution is 2.50. The van der Waals surface area contributed by atoms with Crippen LogP contribution in [-0.2, 0) is 6.54 Å². The Balaban J connectivity index is 2.07. The molecule has 1 aliphatic rings. The number of amidine groups is 1. The molecule has 0 saturated heterocycles. The maximum atomic E-state index is 8.59. The summed E-state index contributed by atoms with van der Waals surface area (Å²) in [5.41, 5.74) is 8.03. The molecule has 1 fully saturated rings. The summed E-state index contributed by atoms with van der Waals surface area (Å²) in [7, 11) is 0. The van der Waals surface area contributed by atoms with Crippen LogP contribution in [0.25, 0.3) is 0 Å². The van der Waals surface area contributed by atoms with Crippen LogP contribution in [0.3, 0.4) is 0 Å². The van der Waals surface area contributed by atoms with Crippen LogP contribution in [0.4, 0.5) is 0 Å². The van der Waals surface area contributed by atoms with E-state index in [1.165, 1.54) is 5.69 Å². The van der Waals surface area contributed by atoms with E-state index in [2.05, 4.69) is 21.6 Å². The van der Waals surface area contributed by atoms with Gasteiger partial charge in [-0.1, -0.05) is 5.16 Å². The van der Waals surface area contributed by atoms with Crippen molar-refractivity contribution in [3.05, 3.63) is 17.7 Å². The van der Waals surface area contributed by atoms with E-state index < -0.39 is 0 Å². The van der Waals surface area contributed by atoms with Crippen molar-refractivity contribution in [2.45, 2.75) is 39.7 Å². The monoisotopic (exact) mass is 222 g/mol. The van der Waals surface area contributed by atoms with Crippen LogP contribution in [0, 0.1) is 19.3 Å². The van der Waals surface area contributed by atoms with Crippen molar-refractivity contribution in [1.82, 2.24) is 9.55 Å². The quantitative estimate of drug-likeness (QED) is 0.350. The van der Waals surface area contributed by atoms with Crippen LogP contribution in [0.1, 0.15) is 30.7 Å². The summed E-state index contributed by atoms with van der Waals surface area (Å²) >= 11 is 0. The van der Waals surface area contributed by atoms with E-state index >= 15 is 0 Å². The first-order valence-corrected chi connectivity index (χ1v) is 5.51. The van der Waals surface area contributed by atoms with Crippen LogP contribution in [0.2, 0.25) is 0 Å². The second-order valence-corrected chi connectivity index (χ2v) is 4.81. The van der Waals surface area contributed by atoms with Gasteiger partial charge >= 0.3 is 0 Å². The molecule has 2 rings (SSSR count). The van der Waals surface area contributed by atoms with Crippen molar-refractivity contribution in [3.63, 3.8) is 0 Å². The largest absolute Gasteiger partial charge is 0.409 e. The smallest absolute Gasteiger partial charge is 0.139 e. The van der Waals surface area contributed by atoms with Gasteiger partial charge in [-0.3, -0.25) is 0 Å². The molecule has 88 valence electrons. The minimum atomic E-state index is 0.189. The number of rotatable bonds is 4. The van der Waals surface area contributed by atoms with Crippen LogP contribution in [-0.4, -0.2) is 20.6 Å². The number of aryl methyl sites for hydroxylation is 1. The number of oxime groups is 1. The van der Waals surface area contributed by atoms with E-state index in [1.54, 1.807) is 0 Å². The number of hydrogen-bond acceptors (Lipinski definition) is 3. The molecule has 1 aromatic heterocycles. The number of nitrogens with two attached hydrogens (primary N) is 1. The fourth-order valence-electron chi connectivity index (χ4n) is 2.05. The first-order valence-electron chi connectivity index (χ1n) is 5.51. The first kappa shape index (κ1) is 11.0. The molecule has 0 amide bonds. The van der Waals surface area contributed by atoms with Crippen LogP contribution >= 0.6 is 0 Å². The zero-order valence-corrected chi connectivity index (χ0v) is 9.77. The van der Waals surface area contributed by atoms with E-state index in [0.717, 1.165) is 25.1 Å². The number of hydrogen-bond donors (Lipinski definition) is 2. The average Bonchev–Trinajstić information content (AvgIpc) is 2.95. The van der Waals surface area contributed by atoms with Crippen LogP contribution in [0.15, 0.2) is 11.5 Å². The summed E-state index contributed by atoms with van der Waals surface area (Å²) in [4.78, 5) is 4.28. The highest BCUT2D eigenvalue weighted by atomic mass is 16.4. The van der Waals surface area contributed by atoms with Gasteiger partial charge in [-0.2, -0.15) is 0 Å². The van der Waals surface area contributed by atoms with E-state index in [0.29, 0.717) is 12.3 Å². The molecular weight excluding hydrogens is 204 g/mol. The van der Waals surface area contributed by atoms with Crippen LogP contribution < -0.4 is 5.73 Å².